The first-order chi connectivity index (χ1) is 9.20. The average molecular weight is 281 g/mol. The predicted molar refractivity (Wildman–Crippen MR) is 75.5 cm³/mol. The van der Waals surface area contributed by atoms with Gasteiger partial charge in [-0.2, -0.15) is 11.3 Å². The van der Waals surface area contributed by atoms with Gasteiger partial charge in [-0.15, -0.1) is 0 Å². The Bertz CT molecular complexity index is 511. The number of aryl methyl sites for hydroxylation is 1. The summed E-state index contributed by atoms with van der Waals surface area (Å²) >= 11 is 1.68. The largest absolute Gasteiger partial charge is 0.317 e. The summed E-state index contributed by atoms with van der Waals surface area (Å²) in [6.07, 6.45) is 2.36. The van der Waals surface area contributed by atoms with Crippen molar-refractivity contribution >= 4 is 11.3 Å². The van der Waals surface area contributed by atoms with Gasteiger partial charge in [-0.1, -0.05) is 12.1 Å². The van der Waals surface area contributed by atoms with Crippen LogP contribution < -0.4 is 5.32 Å². The highest BCUT2D eigenvalue weighted by Gasteiger charge is 2.13. The van der Waals surface area contributed by atoms with E-state index >= 15 is 0 Å². The number of halogens is 2. The molecule has 0 fully saturated rings. The first-order valence-corrected chi connectivity index (χ1v) is 7.26. The van der Waals surface area contributed by atoms with Gasteiger partial charge >= 0.3 is 0 Å². The van der Waals surface area contributed by atoms with Crippen molar-refractivity contribution < 1.29 is 8.78 Å². The molecule has 0 aliphatic rings. The Hall–Kier alpha value is -1.26. The normalized spacial score (nSPS) is 12.6. The summed E-state index contributed by atoms with van der Waals surface area (Å²) in [6.45, 7) is 0. The van der Waals surface area contributed by atoms with Crippen LogP contribution in [0.15, 0.2) is 35.0 Å². The van der Waals surface area contributed by atoms with Gasteiger partial charge < -0.3 is 5.32 Å². The van der Waals surface area contributed by atoms with Crippen LogP contribution in [-0.2, 0) is 12.8 Å². The third-order valence-corrected chi connectivity index (χ3v) is 4.00. The first kappa shape index (κ1) is 14.2. The lowest BCUT2D eigenvalue weighted by molar-refractivity contribution is 0.473. The molecule has 0 saturated carbocycles. The third-order valence-electron chi connectivity index (χ3n) is 3.27. The highest BCUT2D eigenvalue weighted by atomic mass is 32.1. The second-order valence-electron chi connectivity index (χ2n) is 4.57. The van der Waals surface area contributed by atoms with Crippen molar-refractivity contribution in [3.05, 3.63) is 57.8 Å². The lowest BCUT2D eigenvalue weighted by atomic mass is 10.00. The van der Waals surface area contributed by atoms with Gasteiger partial charge in [0.25, 0.3) is 0 Å². The minimum atomic E-state index is -0.773. The summed E-state index contributed by atoms with van der Waals surface area (Å²) in [5.41, 5.74) is 1.73. The van der Waals surface area contributed by atoms with Gasteiger partial charge in [0.15, 0.2) is 11.6 Å². The van der Waals surface area contributed by atoms with Gasteiger partial charge in [0, 0.05) is 6.04 Å². The summed E-state index contributed by atoms with van der Waals surface area (Å²) in [4.78, 5) is 0. The highest BCUT2D eigenvalue weighted by Crippen LogP contribution is 2.16. The predicted octanol–water partition coefficient (Wildman–Crippen LogP) is 3.79. The molecule has 1 unspecified atom stereocenters. The standard InChI is InChI=1S/C15H17F2NS/c1-18-13(6-5-11-7-8-19-10-11)9-12-3-2-4-14(16)15(12)17/h2-4,7-8,10,13,18H,5-6,9H2,1H3. The minimum Gasteiger partial charge on any atom is -0.317 e. The molecule has 0 aliphatic carbocycles. The summed E-state index contributed by atoms with van der Waals surface area (Å²) in [7, 11) is 1.86. The highest BCUT2D eigenvalue weighted by molar-refractivity contribution is 7.07. The monoisotopic (exact) mass is 281 g/mol. The molecule has 1 aromatic heterocycles. The van der Waals surface area contributed by atoms with E-state index in [4.69, 9.17) is 0 Å². The Labute approximate surface area is 116 Å². The topological polar surface area (TPSA) is 12.0 Å². The maximum atomic E-state index is 13.6. The molecule has 4 heteroatoms. The van der Waals surface area contributed by atoms with E-state index in [9.17, 15) is 8.78 Å². The Kier molecular flexibility index (Phi) is 5.05. The molecular formula is C15H17F2NS. The van der Waals surface area contributed by atoms with E-state index in [0.29, 0.717) is 12.0 Å². The molecule has 0 bridgehead atoms. The Balaban J connectivity index is 1.96. The van der Waals surface area contributed by atoms with Gasteiger partial charge in [-0.3, -0.25) is 0 Å². The van der Waals surface area contributed by atoms with Gasteiger partial charge in [-0.05, 0) is 60.3 Å². The number of thiophene rings is 1. The molecule has 0 aliphatic heterocycles. The molecule has 1 aromatic carbocycles. The number of likely N-dealkylation sites (N-methyl/N-ethyl adjacent to an activating group) is 1. The molecule has 1 heterocycles. The van der Waals surface area contributed by atoms with E-state index in [1.807, 2.05) is 7.05 Å². The van der Waals surface area contributed by atoms with E-state index < -0.39 is 11.6 Å². The Morgan fingerprint density at radius 2 is 2.11 bits per heavy atom. The molecule has 102 valence electrons. The van der Waals surface area contributed by atoms with Crippen LogP contribution in [0.1, 0.15) is 17.5 Å². The first-order valence-electron chi connectivity index (χ1n) is 6.32. The zero-order valence-electron chi connectivity index (χ0n) is 10.8. The third kappa shape index (κ3) is 3.85. The fourth-order valence-corrected chi connectivity index (χ4v) is 2.80. The minimum absolute atomic E-state index is 0.149. The lowest BCUT2D eigenvalue weighted by Crippen LogP contribution is -2.28. The summed E-state index contributed by atoms with van der Waals surface area (Å²) in [6, 6.07) is 6.60. The molecule has 1 N–H and O–H groups in total. The number of benzene rings is 1. The molecule has 0 saturated heterocycles. The van der Waals surface area contributed by atoms with Crippen LogP contribution in [0.4, 0.5) is 8.78 Å². The lowest BCUT2D eigenvalue weighted by Gasteiger charge is -2.16. The van der Waals surface area contributed by atoms with E-state index in [0.717, 1.165) is 18.9 Å². The number of nitrogens with one attached hydrogen (secondary N) is 1. The van der Waals surface area contributed by atoms with E-state index in [1.165, 1.54) is 5.56 Å². The summed E-state index contributed by atoms with van der Waals surface area (Å²) < 4.78 is 26.8. The summed E-state index contributed by atoms with van der Waals surface area (Å²) in [5, 5.41) is 7.35. The van der Waals surface area contributed by atoms with Crippen molar-refractivity contribution in [3.8, 4) is 0 Å². The second kappa shape index (κ2) is 6.78. The van der Waals surface area contributed by atoms with Crippen molar-refractivity contribution in [1.29, 1.82) is 0 Å². The van der Waals surface area contributed by atoms with Crippen LogP contribution in [0.25, 0.3) is 0 Å². The number of rotatable bonds is 6. The molecule has 1 atom stereocenters. The van der Waals surface area contributed by atoms with Crippen molar-refractivity contribution in [1.82, 2.24) is 5.32 Å². The van der Waals surface area contributed by atoms with Crippen LogP contribution in [0, 0.1) is 11.6 Å². The van der Waals surface area contributed by atoms with Gasteiger partial charge in [0.1, 0.15) is 0 Å². The van der Waals surface area contributed by atoms with Crippen molar-refractivity contribution in [2.24, 2.45) is 0 Å². The molecule has 0 radical (unpaired) electrons. The molecule has 2 rings (SSSR count). The Morgan fingerprint density at radius 1 is 1.26 bits per heavy atom. The van der Waals surface area contributed by atoms with Gasteiger partial charge in [0.05, 0.1) is 0 Å². The van der Waals surface area contributed by atoms with Crippen molar-refractivity contribution in [3.63, 3.8) is 0 Å². The van der Waals surface area contributed by atoms with Crippen LogP contribution in [0.3, 0.4) is 0 Å². The quantitative estimate of drug-likeness (QED) is 0.849. The second-order valence-corrected chi connectivity index (χ2v) is 5.35. The van der Waals surface area contributed by atoms with E-state index in [2.05, 4.69) is 22.1 Å². The zero-order chi connectivity index (χ0) is 13.7. The van der Waals surface area contributed by atoms with Crippen LogP contribution in [0.2, 0.25) is 0 Å². The smallest absolute Gasteiger partial charge is 0.162 e. The Morgan fingerprint density at radius 3 is 2.79 bits per heavy atom. The van der Waals surface area contributed by atoms with Crippen LogP contribution in [0.5, 0.6) is 0 Å². The van der Waals surface area contributed by atoms with Crippen LogP contribution >= 0.6 is 11.3 Å². The molecule has 1 nitrogen and oxygen atoms in total. The van der Waals surface area contributed by atoms with Crippen molar-refractivity contribution in [2.75, 3.05) is 7.05 Å². The van der Waals surface area contributed by atoms with Crippen LogP contribution in [-0.4, -0.2) is 13.1 Å². The summed E-state index contributed by atoms with van der Waals surface area (Å²) in [5.74, 6) is -1.50. The maximum absolute atomic E-state index is 13.6. The fourth-order valence-electron chi connectivity index (χ4n) is 2.10. The molecule has 0 amide bonds. The molecule has 19 heavy (non-hydrogen) atoms. The van der Waals surface area contributed by atoms with E-state index in [-0.39, 0.29) is 6.04 Å². The SMILES string of the molecule is CNC(CCc1ccsc1)Cc1cccc(F)c1F. The molecule has 2 aromatic rings. The number of hydrogen-bond donors (Lipinski definition) is 1. The van der Waals surface area contributed by atoms with Crippen molar-refractivity contribution in [2.45, 2.75) is 25.3 Å². The number of hydrogen-bond acceptors (Lipinski definition) is 2. The molecule has 0 spiro atoms. The van der Waals surface area contributed by atoms with E-state index in [1.54, 1.807) is 23.5 Å². The van der Waals surface area contributed by atoms with Gasteiger partial charge in [0.2, 0.25) is 0 Å². The average Bonchev–Trinajstić information content (AvgIpc) is 2.92. The molecular weight excluding hydrogens is 264 g/mol. The van der Waals surface area contributed by atoms with Gasteiger partial charge in [-0.25, -0.2) is 8.78 Å². The maximum Gasteiger partial charge on any atom is 0.162 e. The zero-order valence-corrected chi connectivity index (χ0v) is 11.6. The fraction of sp³-hybridized carbons (Fsp3) is 0.333.